The SMILES string of the molecule is Nc1ccc2[nH]nc(C(=O)NC3CN4CCC3CC4)c2c1. The monoisotopic (exact) mass is 285 g/mol. The van der Waals surface area contributed by atoms with Crippen molar-refractivity contribution < 1.29 is 4.79 Å². The normalized spacial score (nSPS) is 27.9. The Morgan fingerprint density at radius 1 is 1.38 bits per heavy atom. The first-order valence-electron chi connectivity index (χ1n) is 7.47. The average Bonchev–Trinajstić information content (AvgIpc) is 2.91. The lowest BCUT2D eigenvalue weighted by molar-refractivity contribution is 0.0618. The summed E-state index contributed by atoms with van der Waals surface area (Å²) in [5.41, 5.74) is 7.72. The van der Waals surface area contributed by atoms with E-state index in [0.717, 1.165) is 17.4 Å². The van der Waals surface area contributed by atoms with E-state index in [9.17, 15) is 4.79 Å². The number of nitrogens with two attached hydrogens (primary N) is 1. The molecule has 2 bridgehead atoms. The zero-order chi connectivity index (χ0) is 14.4. The van der Waals surface area contributed by atoms with Crippen LogP contribution in [0.5, 0.6) is 0 Å². The summed E-state index contributed by atoms with van der Waals surface area (Å²) in [6.45, 7) is 3.29. The Labute approximate surface area is 122 Å². The summed E-state index contributed by atoms with van der Waals surface area (Å²) in [6, 6.07) is 5.69. The topological polar surface area (TPSA) is 87.0 Å². The quantitative estimate of drug-likeness (QED) is 0.718. The van der Waals surface area contributed by atoms with Crippen LogP contribution in [0.1, 0.15) is 23.3 Å². The number of aromatic nitrogens is 2. The van der Waals surface area contributed by atoms with Crippen molar-refractivity contribution >= 4 is 22.5 Å². The van der Waals surface area contributed by atoms with Crippen LogP contribution >= 0.6 is 0 Å². The van der Waals surface area contributed by atoms with E-state index in [1.165, 1.54) is 25.9 Å². The molecule has 1 aromatic carbocycles. The van der Waals surface area contributed by atoms with Gasteiger partial charge in [-0.05, 0) is 50.0 Å². The van der Waals surface area contributed by atoms with Crippen LogP contribution in [0, 0.1) is 5.92 Å². The van der Waals surface area contributed by atoms with Crippen molar-refractivity contribution in [1.29, 1.82) is 0 Å². The van der Waals surface area contributed by atoms with Crippen LogP contribution in [0.3, 0.4) is 0 Å². The van der Waals surface area contributed by atoms with E-state index in [2.05, 4.69) is 20.4 Å². The van der Waals surface area contributed by atoms with E-state index < -0.39 is 0 Å². The number of carbonyl (C=O) groups is 1. The Kier molecular flexibility index (Phi) is 2.85. The second kappa shape index (κ2) is 4.73. The largest absolute Gasteiger partial charge is 0.399 e. The summed E-state index contributed by atoms with van der Waals surface area (Å²) in [4.78, 5) is 14.9. The van der Waals surface area contributed by atoms with Crippen molar-refractivity contribution in [2.45, 2.75) is 18.9 Å². The summed E-state index contributed by atoms with van der Waals surface area (Å²) in [7, 11) is 0. The van der Waals surface area contributed by atoms with Gasteiger partial charge in [-0.1, -0.05) is 0 Å². The number of amides is 1. The third-order valence-corrected chi connectivity index (χ3v) is 4.77. The fourth-order valence-electron chi connectivity index (χ4n) is 3.57. The molecule has 1 amide bonds. The van der Waals surface area contributed by atoms with Gasteiger partial charge in [0.25, 0.3) is 5.91 Å². The molecule has 1 unspecified atom stereocenters. The van der Waals surface area contributed by atoms with E-state index >= 15 is 0 Å². The third-order valence-electron chi connectivity index (χ3n) is 4.77. The molecule has 5 rings (SSSR count). The van der Waals surface area contributed by atoms with Gasteiger partial charge in [0.2, 0.25) is 0 Å². The van der Waals surface area contributed by atoms with Gasteiger partial charge < -0.3 is 16.0 Å². The molecule has 4 N–H and O–H groups in total. The lowest BCUT2D eigenvalue weighted by atomic mass is 9.84. The van der Waals surface area contributed by atoms with Gasteiger partial charge in [-0.2, -0.15) is 5.10 Å². The first-order valence-corrected chi connectivity index (χ1v) is 7.47. The van der Waals surface area contributed by atoms with E-state index in [4.69, 9.17) is 5.73 Å². The number of rotatable bonds is 2. The predicted octanol–water partition coefficient (Wildman–Crippen LogP) is 0.969. The Balaban J connectivity index is 1.57. The minimum absolute atomic E-state index is 0.106. The first kappa shape index (κ1) is 12.6. The molecule has 0 saturated carbocycles. The second-order valence-corrected chi connectivity index (χ2v) is 6.10. The molecule has 0 radical (unpaired) electrons. The van der Waals surface area contributed by atoms with Crippen LogP contribution in [0.4, 0.5) is 5.69 Å². The lowest BCUT2D eigenvalue weighted by Gasteiger charge is -2.44. The summed E-state index contributed by atoms with van der Waals surface area (Å²) in [5, 5.41) is 11.0. The average molecular weight is 285 g/mol. The van der Waals surface area contributed by atoms with E-state index in [1.54, 1.807) is 12.1 Å². The number of fused-ring (bicyclic) bond motifs is 4. The van der Waals surface area contributed by atoms with Gasteiger partial charge in [0.15, 0.2) is 5.69 Å². The maximum absolute atomic E-state index is 12.5. The van der Waals surface area contributed by atoms with Crippen LogP contribution in [0.15, 0.2) is 18.2 Å². The first-order chi connectivity index (χ1) is 10.2. The Morgan fingerprint density at radius 2 is 2.19 bits per heavy atom. The van der Waals surface area contributed by atoms with Crippen LogP contribution in [0.2, 0.25) is 0 Å². The fourth-order valence-corrected chi connectivity index (χ4v) is 3.57. The van der Waals surface area contributed by atoms with E-state index in [-0.39, 0.29) is 11.9 Å². The molecule has 1 atom stereocenters. The molecule has 3 aliphatic rings. The molecule has 6 nitrogen and oxygen atoms in total. The summed E-state index contributed by atoms with van der Waals surface area (Å²) in [5.74, 6) is 0.500. The number of hydrogen-bond donors (Lipinski definition) is 3. The molecule has 110 valence electrons. The number of H-pyrrole nitrogens is 1. The maximum Gasteiger partial charge on any atom is 0.272 e. The molecule has 0 aliphatic carbocycles. The number of piperidine rings is 3. The third kappa shape index (κ3) is 2.15. The Bertz CT molecular complexity index is 686. The van der Waals surface area contributed by atoms with Gasteiger partial charge in [0.1, 0.15) is 0 Å². The summed E-state index contributed by atoms with van der Waals surface area (Å²) in [6.07, 6.45) is 2.36. The van der Waals surface area contributed by atoms with Crippen molar-refractivity contribution in [3.05, 3.63) is 23.9 Å². The molecule has 6 heteroatoms. The fraction of sp³-hybridized carbons (Fsp3) is 0.467. The Hall–Kier alpha value is -2.08. The highest BCUT2D eigenvalue weighted by molar-refractivity contribution is 6.05. The van der Waals surface area contributed by atoms with E-state index in [1.807, 2.05) is 6.07 Å². The number of nitrogens with zero attached hydrogens (tertiary/aromatic N) is 2. The summed E-state index contributed by atoms with van der Waals surface area (Å²) >= 11 is 0. The number of aromatic amines is 1. The second-order valence-electron chi connectivity index (χ2n) is 6.10. The molecular weight excluding hydrogens is 266 g/mol. The maximum atomic E-state index is 12.5. The lowest BCUT2D eigenvalue weighted by Crippen LogP contribution is -2.57. The number of benzene rings is 1. The molecule has 3 saturated heterocycles. The van der Waals surface area contributed by atoms with Crippen molar-refractivity contribution in [1.82, 2.24) is 20.4 Å². The van der Waals surface area contributed by atoms with Crippen molar-refractivity contribution in [3.8, 4) is 0 Å². The van der Waals surface area contributed by atoms with Crippen molar-refractivity contribution in [2.75, 3.05) is 25.4 Å². The van der Waals surface area contributed by atoms with Gasteiger partial charge in [0, 0.05) is 23.7 Å². The van der Waals surface area contributed by atoms with Gasteiger partial charge in [-0.3, -0.25) is 9.89 Å². The number of nitrogen functional groups attached to an aromatic ring is 1. The molecule has 2 aromatic rings. The molecule has 0 spiro atoms. The smallest absolute Gasteiger partial charge is 0.272 e. The molecule has 1 aromatic heterocycles. The number of carbonyl (C=O) groups excluding carboxylic acids is 1. The molecule has 3 fully saturated rings. The molecule has 4 heterocycles. The van der Waals surface area contributed by atoms with Gasteiger partial charge in [-0.15, -0.1) is 0 Å². The van der Waals surface area contributed by atoms with E-state index in [0.29, 0.717) is 17.3 Å². The molecular formula is C15H19N5O. The van der Waals surface area contributed by atoms with Crippen LogP contribution < -0.4 is 11.1 Å². The van der Waals surface area contributed by atoms with Crippen LogP contribution in [-0.4, -0.2) is 46.7 Å². The highest BCUT2D eigenvalue weighted by Crippen LogP contribution is 2.28. The molecule has 21 heavy (non-hydrogen) atoms. The molecule has 3 aliphatic heterocycles. The van der Waals surface area contributed by atoms with Crippen molar-refractivity contribution in [3.63, 3.8) is 0 Å². The standard InChI is InChI=1S/C15H19N5O/c16-10-1-2-12-11(7-10)14(19-18-12)15(21)17-13-8-20-5-3-9(13)4-6-20/h1-2,7,9,13H,3-6,8,16H2,(H,17,21)(H,18,19). The minimum Gasteiger partial charge on any atom is -0.399 e. The zero-order valence-corrected chi connectivity index (χ0v) is 11.8. The number of anilines is 1. The number of nitrogens with one attached hydrogen (secondary N) is 2. The highest BCUT2D eigenvalue weighted by atomic mass is 16.2. The Morgan fingerprint density at radius 3 is 2.90 bits per heavy atom. The summed E-state index contributed by atoms with van der Waals surface area (Å²) < 4.78 is 0. The highest BCUT2D eigenvalue weighted by Gasteiger charge is 2.35. The minimum atomic E-state index is -0.106. The van der Waals surface area contributed by atoms with Crippen LogP contribution in [0.25, 0.3) is 10.9 Å². The zero-order valence-electron chi connectivity index (χ0n) is 11.8. The van der Waals surface area contributed by atoms with Gasteiger partial charge in [0.05, 0.1) is 5.52 Å². The van der Waals surface area contributed by atoms with Gasteiger partial charge in [-0.25, -0.2) is 0 Å². The van der Waals surface area contributed by atoms with Crippen LogP contribution in [-0.2, 0) is 0 Å². The number of hydrogen-bond acceptors (Lipinski definition) is 4. The van der Waals surface area contributed by atoms with Gasteiger partial charge >= 0.3 is 0 Å². The van der Waals surface area contributed by atoms with Crippen molar-refractivity contribution in [2.24, 2.45) is 5.92 Å². The predicted molar refractivity (Wildman–Crippen MR) is 80.9 cm³/mol.